The van der Waals surface area contributed by atoms with Crippen molar-refractivity contribution in [3.63, 3.8) is 0 Å². The van der Waals surface area contributed by atoms with Crippen molar-refractivity contribution in [3.8, 4) is 0 Å². The maximum absolute atomic E-state index is 7.78. The molecule has 40 heavy (non-hydrogen) atoms. The van der Waals surface area contributed by atoms with E-state index in [0.29, 0.717) is 0 Å². The van der Waals surface area contributed by atoms with Gasteiger partial charge < -0.3 is 16.5 Å². The van der Waals surface area contributed by atoms with E-state index in [-0.39, 0.29) is 0 Å². The molecule has 0 unspecified atom stereocenters. The van der Waals surface area contributed by atoms with Gasteiger partial charge >= 0.3 is 34.2 Å². The minimum Gasteiger partial charge on any atom is -0.416 e. The second-order valence-electron chi connectivity index (χ2n) is 11.7. The first-order valence-electron chi connectivity index (χ1n) is 14.1. The summed E-state index contributed by atoms with van der Waals surface area (Å²) < 4.78 is 29.5. The van der Waals surface area contributed by atoms with Gasteiger partial charge in [-0.25, -0.2) is 0 Å². The summed E-state index contributed by atoms with van der Waals surface area (Å²) in [6.45, 7) is 8.65. The van der Waals surface area contributed by atoms with E-state index in [1.807, 2.05) is 0 Å². The summed E-state index contributed by atoms with van der Waals surface area (Å²) in [7, 11) is -11.2. The van der Waals surface area contributed by atoms with Crippen LogP contribution in [0.1, 0.15) is 22.3 Å². The van der Waals surface area contributed by atoms with E-state index in [4.69, 9.17) is 16.5 Å². The third-order valence-corrected chi connectivity index (χ3v) is 24.6. The fourth-order valence-electron chi connectivity index (χ4n) is 5.95. The van der Waals surface area contributed by atoms with E-state index in [2.05, 4.69) is 148 Å². The summed E-state index contributed by atoms with van der Waals surface area (Å²) in [5, 5.41) is 0. The monoisotopic (exact) mass is 600 g/mol. The molecule has 4 aromatic carbocycles. The average molecular weight is 601 g/mol. The fourth-order valence-corrected chi connectivity index (χ4v) is 28.7. The van der Waals surface area contributed by atoms with Gasteiger partial charge in [0.25, 0.3) is 0 Å². The van der Waals surface area contributed by atoms with Crippen molar-refractivity contribution in [3.05, 3.63) is 144 Å². The summed E-state index contributed by atoms with van der Waals surface area (Å²) >= 11 is 0. The van der Waals surface area contributed by atoms with E-state index in [1.165, 1.54) is 22.3 Å². The number of hydrogen-bond donors (Lipinski definition) is 0. The molecule has 4 nitrogen and oxygen atoms in total. The Bertz CT molecular complexity index is 1170. The molecule has 1 aliphatic heterocycles. The van der Waals surface area contributed by atoms with Gasteiger partial charge in [0.2, 0.25) is 0 Å². The largest absolute Gasteiger partial charge is 0.416 e. The molecule has 0 aromatic heterocycles. The zero-order valence-electron chi connectivity index (χ0n) is 24.0. The Labute approximate surface area is 243 Å². The van der Waals surface area contributed by atoms with E-state index in [9.17, 15) is 0 Å². The normalized spacial score (nSPS) is 19.3. The summed E-state index contributed by atoms with van der Waals surface area (Å²) in [4.78, 5) is 0. The third kappa shape index (κ3) is 7.86. The van der Waals surface area contributed by atoms with E-state index >= 15 is 0 Å². The lowest BCUT2D eigenvalue weighted by molar-refractivity contribution is 0.220. The highest BCUT2D eigenvalue weighted by atomic mass is 28.5. The zero-order valence-corrected chi connectivity index (χ0v) is 28.0. The molecule has 1 aliphatic rings. The minimum absolute atomic E-state index is 0.742. The summed E-state index contributed by atoms with van der Waals surface area (Å²) in [5.74, 6) is 0. The highest BCUT2D eigenvalue weighted by Gasteiger charge is 2.58. The second-order valence-corrected chi connectivity index (χ2v) is 25.6. The van der Waals surface area contributed by atoms with Crippen molar-refractivity contribution < 1.29 is 16.5 Å². The van der Waals surface area contributed by atoms with Gasteiger partial charge in [-0.2, -0.15) is 0 Å². The Morgan fingerprint density at radius 3 is 0.850 bits per heavy atom. The molecule has 0 saturated carbocycles. The van der Waals surface area contributed by atoms with Gasteiger partial charge in [0, 0.05) is 24.2 Å². The van der Waals surface area contributed by atoms with Gasteiger partial charge in [-0.1, -0.05) is 121 Å². The molecule has 1 heterocycles. The molecule has 5 rings (SSSR count). The van der Waals surface area contributed by atoms with Crippen LogP contribution < -0.4 is 0 Å². The van der Waals surface area contributed by atoms with Crippen molar-refractivity contribution >= 4 is 34.2 Å². The molecule has 0 radical (unpaired) electrons. The van der Waals surface area contributed by atoms with Gasteiger partial charge in [0.1, 0.15) is 0 Å². The molecule has 0 atom stereocenters. The van der Waals surface area contributed by atoms with Crippen LogP contribution in [0.15, 0.2) is 121 Å². The Morgan fingerprint density at radius 2 is 0.600 bits per heavy atom. The van der Waals surface area contributed by atoms with Crippen molar-refractivity contribution in [2.45, 2.75) is 50.4 Å². The van der Waals surface area contributed by atoms with Crippen LogP contribution in [-0.2, 0) is 40.6 Å². The molecule has 0 bridgehead atoms. The molecule has 1 saturated heterocycles. The summed E-state index contributed by atoms with van der Waals surface area (Å²) in [6.07, 6.45) is 0. The molecule has 4 aromatic rings. The lowest BCUT2D eigenvalue weighted by atomic mass is 10.2. The Hall–Kier alpha value is -2.41. The first-order valence-corrected chi connectivity index (χ1v) is 24.2. The maximum atomic E-state index is 7.78. The molecular weight excluding hydrogens is 561 g/mol. The molecule has 0 amide bonds. The van der Waals surface area contributed by atoms with E-state index < -0.39 is 34.2 Å². The van der Waals surface area contributed by atoms with E-state index in [0.717, 1.165) is 24.2 Å². The highest BCUT2D eigenvalue weighted by Crippen LogP contribution is 2.37. The third-order valence-electron chi connectivity index (χ3n) is 6.99. The molecule has 1 fully saturated rings. The number of rotatable bonds is 8. The number of benzene rings is 4. The smallest absolute Gasteiger partial charge is 0.329 e. The molecule has 0 spiro atoms. The SMILES string of the molecule is C[Si]1(C)O[Si](C)(C)O[Si](Cc2ccccc2)(Cc2ccccc2)O[Si](Cc2ccccc2)(Cc2ccccc2)O1. The molecule has 0 N–H and O–H groups in total. The van der Waals surface area contributed by atoms with Crippen molar-refractivity contribution in [1.29, 1.82) is 0 Å². The molecule has 8 heteroatoms. The van der Waals surface area contributed by atoms with Crippen LogP contribution >= 0.6 is 0 Å². The first-order chi connectivity index (χ1) is 19.1. The summed E-state index contributed by atoms with van der Waals surface area (Å²) in [5.41, 5.74) is 4.92. The second kappa shape index (κ2) is 12.2. The number of hydrogen-bond acceptors (Lipinski definition) is 4. The molecule has 208 valence electrons. The lowest BCUT2D eigenvalue weighted by Crippen LogP contribution is -2.70. The van der Waals surface area contributed by atoms with Gasteiger partial charge in [-0.15, -0.1) is 0 Å². The standard InChI is InChI=1S/C32H40O4Si4/c1-37(2)33-38(3,4)35-40(27-31-21-13-7-14-22-31,28-32-23-15-8-16-24-32)36-39(34-37,25-29-17-9-5-10-18-29)26-30-19-11-6-12-20-30/h5-24H,25-28H2,1-4H3. The Kier molecular flexibility index (Phi) is 8.89. The predicted molar refractivity (Wildman–Crippen MR) is 171 cm³/mol. The van der Waals surface area contributed by atoms with Crippen LogP contribution in [0.2, 0.25) is 26.2 Å². The minimum atomic E-state index is -2.99. The maximum Gasteiger partial charge on any atom is 0.329 e. The first kappa shape index (κ1) is 29.1. The van der Waals surface area contributed by atoms with Gasteiger partial charge in [-0.05, 0) is 48.4 Å². The lowest BCUT2D eigenvalue weighted by Gasteiger charge is -2.51. The quantitative estimate of drug-likeness (QED) is 0.197. The summed E-state index contributed by atoms with van der Waals surface area (Å²) in [6, 6.07) is 45.6. The van der Waals surface area contributed by atoms with Crippen LogP contribution in [-0.4, -0.2) is 34.2 Å². The van der Waals surface area contributed by atoms with Gasteiger partial charge in [-0.3, -0.25) is 0 Å². The fraction of sp³-hybridized carbons (Fsp3) is 0.250. The van der Waals surface area contributed by atoms with Gasteiger partial charge in [0.15, 0.2) is 0 Å². The van der Waals surface area contributed by atoms with Crippen LogP contribution in [0.4, 0.5) is 0 Å². The van der Waals surface area contributed by atoms with Gasteiger partial charge in [0.05, 0.1) is 0 Å². The molecule has 0 aliphatic carbocycles. The van der Waals surface area contributed by atoms with E-state index in [1.54, 1.807) is 0 Å². The topological polar surface area (TPSA) is 36.9 Å². The van der Waals surface area contributed by atoms with Crippen LogP contribution in [0.5, 0.6) is 0 Å². The molecular formula is C32H40O4Si4. The van der Waals surface area contributed by atoms with Crippen molar-refractivity contribution in [2.24, 2.45) is 0 Å². The zero-order chi connectivity index (χ0) is 28.1. The van der Waals surface area contributed by atoms with Crippen LogP contribution in [0, 0.1) is 0 Å². The van der Waals surface area contributed by atoms with Crippen LogP contribution in [0.3, 0.4) is 0 Å². The average Bonchev–Trinajstić information content (AvgIpc) is 2.89. The van der Waals surface area contributed by atoms with Crippen LogP contribution in [0.25, 0.3) is 0 Å². The Morgan fingerprint density at radius 1 is 0.350 bits per heavy atom. The Balaban J connectivity index is 1.67. The van der Waals surface area contributed by atoms with Crippen molar-refractivity contribution in [2.75, 3.05) is 0 Å². The van der Waals surface area contributed by atoms with Crippen molar-refractivity contribution in [1.82, 2.24) is 0 Å². The predicted octanol–water partition coefficient (Wildman–Crippen LogP) is 7.48. The highest BCUT2D eigenvalue weighted by molar-refractivity contribution is 6.93.